The lowest BCUT2D eigenvalue weighted by atomic mass is 10.1. The maximum absolute atomic E-state index is 12.9. The fourth-order valence-electron chi connectivity index (χ4n) is 3.39. The van der Waals surface area contributed by atoms with E-state index in [4.69, 9.17) is 9.47 Å². The van der Waals surface area contributed by atoms with Crippen molar-refractivity contribution in [1.29, 1.82) is 0 Å². The van der Waals surface area contributed by atoms with Gasteiger partial charge in [-0.05, 0) is 42.0 Å². The van der Waals surface area contributed by atoms with Gasteiger partial charge in [0.1, 0.15) is 5.52 Å². The Bertz CT molecular complexity index is 1320. The second-order valence-electron chi connectivity index (χ2n) is 6.86. The first kappa shape index (κ1) is 18.3. The van der Waals surface area contributed by atoms with Gasteiger partial charge in [-0.25, -0.2) is 4.52 Å². The molecule has 2 aromatic carbocycles. The lowest BCUT2D eigenvalue weighted by Crippen LogP contribution is -2.22. The van der Waals surface area contributed by atoms with Gasteiger partial charge in [-0.1, -0.05) is 12.1 Å². The average molecular weight is 413 g/mol. The number of rotatable bonds is 3. The third kappa shape index (κ3) is 3.18. The molecule has 0 spiro atoms. The van der Waals surface area contributed by atoms with Crippen LogP contribution in [0.3, 0.4) is 0 Å². The van der Waals surface area contributed by atoms with E-state index in [0.717, 1.165) is 17.7 Å². The standard InChI is InChI=1S/C21H14F3N3O3/c22-21(23,24)15-3-1-2-13(8-15)11-26-6-7-27-17(20(26)28)10-16(25-27)14-4-5-18-19(9-14)30-12-29-18/h1-10H,11-12H2. The van der Waals surface area contributed by atoms with Gasteiger partial charge in [0.05, 0.1) is 17.8 Å². The van der Waals surface area contributed by atoms with Gasteiger partial charge in [0.25, 0.3) is 5.56 Å². The van der Waals surface area contributed by atoms with Crippen LogP contribution in [-0.4, -0.2) is 21.0 Å². The third-order valence-corrected chi connectivity index (χ3v) is 4.88. The lowest BCUT2D eigenvalue weighted by Gasteiger charge is -2.10. The molecular weight excluding hydrogens is 399 g/mol. The van der Waals surface area contributed by atoms with Crippen LogP contribution in [0.2, 0.25) is 0 Å². The minimum absolute atomic E-state index is 0.0176. The van der Waals surface area contributed by atoms with Crippen molar-refractivity contribution in [3.05, 3.63) is 82.4 Å². The molecule has 0 unspecified atom stereocenters. The predicted molar refractivity (Wildman–Crippen MR) is 102 cm³/mol. The highest BCUT2D eigenvalue weighted by molar-refractivity contribution is 5.68. The molecule has 152 valence electrons. The van der Waals surface area contributed by atoms with Crippen LogP contribution in [0.15, 0.2) is 65.7 Å². The number of hydrogen-bond donors (Lipinski definition) is 0. The Kier molecular flexibility index (Phi) is 4.05. The molecule has 6 nitrogen and oxygen atoms in total. The molecule has 4 aromatic rings. The monoisotopic (exact) mass is 413 g/mol. The van der Waals surface area contributed by atoms with E-state index in [1.807, 2.05) is 6.07 Å². The summed E-state index contributed by atoms with van der Waals surface area (Å²) in [6.07, 6.45) is -1.33. The van der Waals surface area contributed by atoms with Crippen molar-refractivity contribution in [3.8, 4) is 22.8 Å². The molecule has 1 aliphatic heterocycles. The summed E-state index contributed by atoms with van der Waals surface area (Å²) < 4.78 is 52.3. The third-order valence-electron chi connectivity index (χ3n) is 4.88. The van der Waals surface area contributed by atoms with Crippen LogP contribution in [0.1, 0.15) is 11.1 Å². The van der Waals surface area contributed by atoms with Gasteiger partial charge in [0.15, 0.2) is 11.5 Å². The number of fused-ring (bicyclic) bond motifs is 2. The van der Waals surface area contributed by atoms with Crippen molar-refractivity contribution in [2.45, 2.75) is 12.7 Å². The van der Waals surface area contributed by atoms with Crippen LogP contribution < -0.4 is 15.0 Å². The first-order valence-corrected chi connectivity index (χ1v) is 9.03. The fourth-order valence-corrected chi connectivity index (χ4v) is 3.39. The van der Waals surface area contributed by atoms with Crippen LogP contribution in [0.5, 0.6) is 11.5 Å². The Hall–Kier alpha value is -3.75. The van der Waals surface area contributed by atoms with Gasteiger partial charge in [0.2, 0.25) is 6.79 Å². The van der Waals surface area contributed by atoms with Crippen LogP contribution in [-0.2, 0) is 12.7 Å². The SMILES string of the molecule is O=c1c2cc(-c3ccc4c(c3)OCO4)nn2ccn1Cc1cccc(C(F)(F)F)c1. The second kappa shape index (κ2) is 6.65. The molecule has 0 saturated carbocycles. The van der Waals surface area contributed by atoms with Crippen LogP contribution in [0.4, 0.5) is 13.2 Å². The molecule has 0 amide bonds. The van der Waals surface area contributed by atoms with Crippen molar-refractivity contribution >= 4 is 5.52 Å². The zero-order valence-corrected chi connectivity index (χ0v) is 15.4. The Labute approximate surface area is 167 Å². The molecule has 3 heterocycles. The second-order valence-corrected chi connectivity index (χ2v) is 6.86. The molecule has 0 bridgehead atoms. The quantitative estimate of drug-likeness (QED) is 0.510. The number of benzene rings is 2. The van der Waals surface area contributed by atoms with Crippen LogP contribution in [0, 0.1) is 0 Å². The predicted octanol–water partition coefficient (Wildman–Crippen LogP) is 3.96. The van der Waals surface area contributed by atoms with Gasteiger partial charge in [-0.15, -0.1) is 0 Å². The molecule has 0 saturated heterocycles. The van der Waals surface area contributed by atoms with Gasteiger partial charge in [0, 0.05) is 18.0 Å². The zero-order chi connectivity index (χ0) is 20.9. The van der Waals surface area contributed by atoms with E-state index in [2.05, 4.69) is 5.10 Å². The first-order chi connectivity index (χ1) is 14.4. The average Bonchev–Trinajstić information content (AvgIpc) is 3.36. The zero-order valence-electron chi connectivity index (χ0n) is 15.4. The molecule has 2 aromatic heterocycles. The van der Waals surface area contributed by atoms with E-state index in [0.29, 0.717) is 28.3 Å². The Morgan fingerprint density at radius 2 is 1.83 bits per heavy atom. The molecule has 9 heteroatoms. The summed E-state index contributed by atoms with van der Waals surface area (Å²) in [5, 5.41) is 4.42. The minimum Gasteiger partial charge on any atom is -0.454 e. The maximum Gasteiger partial charge on any atom is 0.416 e. The Balaban J connectivity index is 1.50. The van der Waals surface area contributed by atoms with E-state index in [1.54, 1.807) is 30.5 Å². The smallest absolute Gasteiger partial charge is 0.416 e. The number of halogens is 3. The highest BCUT2D eigenvalue weighted by Gasteiger charge is 2.30. The summed E-state index contributed by atoms with van der Waals surface area (Å²) in [6.45, 7) is 0.175. The first-order valence-electron chi connectivity index (χ1n) is 9.03. The van der Waals surface area contributed by atoms with E-state index in [9.17, 15) is 18.0 Å². The number of aromatic nitrogens is 3. The number of ether oxygens (including phenoxy) is 2. The van der Waals surface area contributed by atoms with Crippen molar-refractivity contribution in [2.24, 2.45) is 0 Å². The van der Waals surface area contributed by atoms with E-state index in [-0.39, 0.29) is 18.9 Å². The van der Waals surface area contributed by atoms with Crippen molar-refractivity contribution in [1.82, 2.24) is 14.2 Å². The summed E-state index contributed by atoms with van der Waals surface area (Å²) in [7, 11) is 0. The van der Waals surface area contributed by atoms with Gasteiger partial charge < -0.3 is 14.0 Å². The molecule has 0 aliphatic carbocycles. The van der Waals surface area contributed by atoms with Crippen LogP contribution in [0.25, 0.3) is 16.8 Å². The molecule has 0 N–H and O–H groups in total. The maximum atomic E-state index is 12.9. The highest BCUT2D eigenvalue weighted by Crippen LogP contribution is 2.35. The van der Waals surface area contributed by atoms with Crippen molar-refractivity contribution in [2.75, 3.05) is 6.79 Å². The Morgan fingerprint density at radius 3 is 2.67 bits per heavy atom. The van der Waals surface area contributed by atoms with Crippen molar-refractivity contribution < 1.29 is 22.6 Å². The largest absolute Gasteiger partial charge is 0.454 e. The highest BCUT2D eigenvalue weighted by atomic mass is 19.4. The van der Waals surface area contributed by atoms with Gasteiger partial charge in [-0.3, -0.25) is 4.79 Å². The molecule has 0 atom stereocenters. The van der Waals surface area contributed by atoms with E-state index in [1.165, 1.54) is 21.3 Å². The number of hydrogen-bond acceptors (Lipinski definition) is 4. The van der Waals surface area contributed by atoms with Crippen molar-refractivity contribution in [3.63, 3.8) is 0 Å². The number of nitrogens with zero attached hydrogens (tertiary/aromatic N) is 3. The van der Waals surface area contributed by atoms with Gasteiger partial charge in [-0.2, -0.15) is 18.3 Å². The Morgan fingerprint density at radius 1 is 1.00 bits per heavy atom. The summed E-state index contributed by atoms with van der Waals surface area (Å²) >= 11 is 0. The van der Waals surface area contributed by atoms with E-state index < -0.39 is 11.7 Å². The molecule has 1 aliphatic rings. The topological polar surface area (TPSA) is 57.8 Å². The summed E-state index contributed by atoms with van der Waals surface area (Å²) in [6, 6.07) is 11.9. The molecular formula is C21H14F3N3O3. The summed E-state index contributed by atoms with van der Waals surface area (Å²) in [5.74, 6) is 1.25. The van der Waals surface area contributed by atoms with Crippen LogP contribution >= 0.6 is 0 Å². The minimum atomic E-state index is -4.43. The normalized spacial score (nSPS) is 13.2. The fraction of sp³-hybridized carbons (Fsp3) is 0.143. The lowest BCUT2D eigenvalue weighted by molar-refractivity contribution is -0.137. The molecule has 5 rings (SSSR count). The summed E-state index contributed by atoms with van der Waals surface area (Å²) in [4.78, 5) is 12.9. The van der Waals surface area contributed by atoms with Gasteiger partial charge >= 0.3 is 6.18 Å². The summed E-state index contributed by atoms with van der Waals surface area (Å²) in [5.41, 5.74) is 0.927. The molecule has 0 radical (unpaired) electrons. The molecule has 30 heavy (non-hydrogen) atoms. The number of alkyl halides is 3. The van der Waals surface area contributed by atoms with E-state index >= 15 is 0 Å². The molecule has 0 fully saturated rings.